The van der Waals surface area contributed by atoms with E-state index in [1.165, 1.54) is 12.1 Å². The summed E-state index contributed by atoms with van der Waals surface area (Å²) in [6.07, 6.45) is 3.54. The largest absolute Gasteiger partial charge is 0.378 e. The molecule has 1 fully saturated rings. The minimum absolute atomic E-state index is 0.0587. The number of hydrogen-bond acceptors (Lipinski definition) is 2. The molecular weight excluding hydrogens is 236 g/mol. The third-order valence-corrected chi connectivity index (χ3v) is 3.33. The van der Waals surface area contributed by atoms with Gasteiger partial charge in [0.2, 0.25) is 0 Å². The lowest BCUT2D eigenvalue weighted by molar-refractivity contribution is 0.103. The van der Waals surface area contributed by atoms with E-state index in [0.717, 1.165) is 38.5 Å². The molecule has 1 aromatic rings. The highest BCUT2D eigenvalue weighted by Gasteiger charge is 2.15. The van der Waals surface area contributed by atoms with E-state index in [4.69, 9.17) is 4.74 Å². The van der Waals surface area contributed by atoms with Crippen LogP contribution in [0.25, 0.3) is 0 Å². The summed E-state index contributed by atoms with van der Waals surface area (Å²) in [6.45, 7) is 3.56. The van der Waals surface area contributed by atoms with Gasteiger partial charge in [0.05, 0.1) is 6.10 Å². The van der Waals surface area contributed by atoms with Crippen molar-refractivity contribution in [3.05, 3.63) is 35.4 Å². The first-order valence-corrected chi connectivity index (χ1v) is 6.46. The van der Waals surface area contributed by atoms with Crippen molar-refractivity contribution in [1.29, 1.82) is 0 Å². The summed E-state index contributed by atoms with van der Waals surface area (Å²) in [5.41, 5.74) is 0.639. The summed E-state index contributed by atoms with van der Waals surface area (Å²) in [5.74, 6) is -1.06. The fourth-order valence-electron chi connectivity index (χ4n) is 2.28. The quantitative estimate of drug-likeness (QED) is 0.872. The van der Waals surface area contributed by atoms with Crippen LogP contribution in [0.5, 0.6) is 0 Å². The van der Waals surface area contributed by atoms with Crippen LogP contribution in [0.3, 0.4) is 0 Å². The van der Waals surface area contributed by atoms with E-state index < -0.39 is 11.6 Å². The monoisotopic (exact) mass is 255 g/mol. The Morgan fingerprint density at radius 3 is 2.67 bits per heavy atom. The third-order valence-electron chi connectivity index (χ3n) is 3.33. The molecule has 0 aliphatic carbocycles. The van der Waals surface area contributed by atoms with E-state index in [1.54, 1.807) is 0 Å². The minimum atomic E-state index is -0.530. The van der Waals surface area contributed by atoms with Gasteiger partial charge in [0.15, 0.2) is 0 Å². The summed E-state index contributed by atoms with van der Waals surface area (Å²) in [6, 6.07) is 3.57. The van der Waals surface area contributed by atoms with Crippen LogP contribution in [-0.2, 0) is 4.74 Å². The molecule has 0 radical (unpaired) electrons. The smallest absolute Gasteiger partial charge is 0.126 e. The average Bonchev–Trinajstić information content (AvgIpc) is 2.80. The van der Waals surface area contributed by atoms with Gasteiger partial charge >= 0.3 is 0 Å². The van der Waals surface area contributed by atoms with Crippen LogP contribution in [0.15, 0.2) is 18.2 Å². The Balaban J connectivity index is 1.81. The lowest BCUT2D eigenvalue weighted by atomic mass is 10.1. The lowest BCUT2D eigenvalue weighted by Gasteiger charge is -2.16. The van der Waals surface area contributed by atoms with Crippen LogP contribution in [-0.4, -0.2) is 19.3 Å². The summed E-state index contributed by atoms with van der Waals surface area (Å²) in [4.78, 5) is 0. The van der Waals surface area contributed by atoms with Gasteiger partial charge in [-0.3, -0.25) is 0 Å². The van der Waals surface area contributed by atoms with Gasteiger partial charge in [-0.25, -0.2) is 8.78 Å². The van der Waals surface area contributed by atoms with Crippen molar-refractivity contribution in [3.63, 3.8) is 0 Å². The van der Waals surface area contributed by atoms with Crippen LogP contribution in [0.1, 0.15) is 37.8 Å². The summed E-state index contributed by atoms with van der Waals surface area (Å²) in [7, 11) is 0. The SMILES string of the molecule is CC(NCCC1CCCO1)c1cc(F)cc(F)c1. The maximum Gasteiger partial charge on any atom is 0.126 e. The summed E-state index contributed by atoms with van der Waals surface area (Å²) in [5, 5.41) is 3.27. The fourth-order valence-corrected chi connectivity index (χ4v) is 2.28. The molecule has 1 aliphatic heterocycles. The maximum absolute atomic E-state index is 13.1. The predicted octanol–water partition coefficient (Wildman–Crippen LogP) is 3.18. The number of ether oxygens (including phenoxy) is 1. The Labute approximate surface area is 106 Å². The van der Waals surface area contributed by atoms with Crippen LogP contribution < -0.4 is 5.32 Å². The molecule has 2 atom stereocenters. The van der Waals surface area contributed by atoms with Crippen LogP contribution in [0.4, 0.5) is 8.78 Å². The van der Waals surface area contributed by atoms with Crippen LogP contribution in [0, 0.1) is 11.6 Å². The molecule has 18 heavy (non-hydrogen) atoms. The molecule has 100 valence electrons. The first-order valence-electron chi connectivity index (χ1n) is 6.46. The molecule has 1 aliphatic rings. The van der Waals surface area contributed by atoms with Gasteiger partial charge < -0.3 is 10.1 Å². The second-order valence-electron chi connectivity index (χ2n) is 4.80. The third kappa shape index (κ3) is 3.75. The van der Waals surface area contributed by atoms with E-state index in [0.29, 0.717) is 11.7 Å². The van der Waals surface area contributed by atoms with Gasteiger partial charge in [0.25, 0.3) is 0 Å². The number of nitrogens with one attached hydrogen (secondary N) is 1. The second-order valence-corrected chi connectivity index (χ2v) is 4.80. The van der Waals surface area contributed by atoms with E-state index >= 15 is 0 Å². The molecule has 1 N–H and O–H groups in total. The van der Waals surface area contributed by atoms with Gasteiger partial charge in [-0.15, -0.1) is 0 Å². The van der Waals surface area contributed by atoms with Crippen LogP contribution >= 0.6 is 0 Å². The molecule has 1 aromatic carbocycles. The van der Waals surface area contributed by atoms with Gasteiger partial charge in [-0.1, -0.05) is 0 Å². The number of rotatable bonds is 5. The first-order chi connectivity index (χ1) is 8.65. The van der Waals surface area contributed by atoms with E-state index in [9.17, 15) is 8.78 Å². The molecule has 0 saturated carbocycles. The molecule has 0 amide bonds. The Kier molecular flexibility index (Phi) is 4.66. The average molecular weight is 255 g/mol. The summed E-state index contributed by atoms with van der Waals surface area (Å²) < 4.78 is 31.7. The van der Waals surface area contributed by atoms with Crippen LogP contribution in [0.2, 0.25) is 0 Å². The van der Waals surface area contributed by atoms with Crippen molar-refractivity contribution in [2.75, 3.05) is 13.2 Å². The Bertz CT molecular complexity index is 371. The second kappa shape index (κ2) is 6.25. The molecule has 2 unspecified atom stereocenters. The zero-order valence-electron chi connectivity index (χ0n) is 10.6. The van der Waals surface area contributed by atoms with Crippen molar-refractivity contribution < 1.29 is 13.5 Å². The Morgan fingerprint density at radius 1 is 1.33 bits per heavy atom. The van der Waals surface area contributed by atoms with E-state index in [2.05, 4.69) is 5.32 Å². The maximum atomic E-state index is 13.1. The molecular formula is C14H19F2NO. The first kappa shape index (κ1) is 13.4. The molecule has 0 bridgehead atoms. The fraction of sp³-hybridized carbons (Fsp3) is 0.571. The topological polar surface area (TPSA) is 21.3 Å². The minimum Gasteiger partial charge on any atom is -0.378 e. The lowest BCUT2D eigenvalue weighted by Crippen LogP contribution is -2.23. The number of halogens is 2. The van der Waals surface area contributed by atoms with Crippen molar-refractivity contribution in [3.8, 4) is 0 Å². The van der Waals surface area contributed by atoms with Gasteiger partial charge in [-0.2, -0.15) is 0 Å². The number of benzene rings is 1. The normalized spacial score (nSPS) is 21.2. The zero-order chi connectivity index (χ0) is 13.0. The van der Waals surface area contributed by atoms with E-state index in [1.807, 2.05) is 6.92 Å². The van der Waals surface area contributed by atoms with Gasteiger partial charge in [-0.05, 0) is 50.4 Å². The highest BCUT2D eigenvalue weighted by atomic mass is 19.1. The van der Waals surface area contributed by atoms with E-state index in [-0.39, 0.29) is 6.04 Å². The highest BCUT2D eigenvalue weighted by molar-refractivity contribution is 5.20. The zero-order valence-corrected chi connectivity index (χ0v) is 10.6. The number of hydrogen-bond donors (Lipinski definition) is 1. The highest BCUT2D eigenvalue weighted by Crippen LogP contribution is 2.17. The molecule has 0 aromatic heterocycles. The Morgan fingerprint density at radius 2 is 2.06 bits per heavy atom. The molecule has 2 rings (SSSR count). The predicted molar refractivity (Wildman–Crippen MR) is 66.4 cm³/mol. The molecule has 2 nitrogen and oxygen atoms in total. The standard InChI is InChI=1S/C14H19F2NO/c1-10(11-7-12(15)9-13(16)8-11)17-5-4-14-3-2-6-18-14/h7-10,14,17H,2-6H2,1H3. The molecule has 4 heteroatoms. The van der Waals surface area contributed by atoms with Crippen molar-refractivity contribution in [2.45, 2.75) is 38.3 Å². The van der Waals surface area contributed by atoms with Crippen molar-refractivity contribution >= 4 is 0 Å². The Hall–Kier alpha value is -1.00. The van der Waals surface area contributed by atoms with Gasteiger partial charge in [0, 0.05) is 18.7 Å². The molecule has 1 heterocycles. The van der Waals surface area contributed by atoms with Crippen molar-refractivity contribution in [2.24, 2.45) is 0 Å². The molecule has 1 saturated heterocycles. The summed E-state index contributed by atoms with van der Waals surface area (Å²) >= 11 is 0. The van der Waals surface area contributed by atoms with Gasteiger partial charge in [0.1, 0.15) is 11.6 Å². The molecule has 0 spiro atoms. The van der Waals surface area contributed by atoms with Crippen molar-refractivity contribution in [1.82, 2.24) is 5.32 Å².